The Hall–Kier alpha value is -0.770. The zero-order valence-electron chi connectivity index (χ0n) is 10.4. The van der Waals surface area contributed by atoms with Crippen LogP contribution in [0.4, 0.5) is 0 Å². The van der Waals surface area contributed by atoms with Gasteiger partial charge in [0.25, 0.3) is 0 Å². The van der Waals surface area contributed by atoms with Gasteiger partial charge in [0.1, 0.15) is 0 Å². The second kappa shape index (κ2) is 5.04. The van der Waals surface area contributed by atoms with Gasteiger partial charge in [-0.15, -0.1) is 0 Å². The number of nitrogens with one attached hydrogen (secondary N) is 2. The molecule has 0 aromatic heterocycles. The van der Waals surface area contributed by atoms with Crippen LogP contribution in [0.3, 0.4) is 0 Å². The van der Waals surface area contributed by atoms with Crippen molar-refractivity contribution in [1.29, 1.82) is 0 Å². The van der Waals surface area contributed by atoms with Crippen molar-refractivity contribution in [3.8, 4) is 0 Å². The standard InChI is InChI=1S/C12H23N3O/c1-12(6-3-7-16-12)9-15-11(13-2)14-8-10-4-5-10/h10H,3-9H2,1-2H3,(H2,13,14,15). The van der Waals surface area contributed by atoms with Gasteiger partial charge in [-0.3, -0.25) is 4.99 Å². The summed E-state index contributed by atoms with van der Waals surface area (Å²) < 4.78 is 5.73. The van der Waals surface area contributed by atoms with Gasteiger partial charge in [0, 0.05) is 26.7 Å². The minimum atomic E-state index is -0.00278. The summed E-state index contributed by atoms with van der Waals surface area (Å²) in [6.45, 7) is 4.96. The molecule has 0 aromatic rings. The molecule has 1 unspecified atom stereocenters. The minimum Gasteiger partial charge on any atom is -0.373 e. The highest BCUT2D eigenvalue weighted by molar-refractivity contribution is 5.79. The van der Waals surface area contributed by atoms with E-state index in [9.17, 15) is 0 Å². The first-order valence-electron chi connectivity index (χ1n) is 6.30. The van der Waals surface area contributed by atoms with Crippen molar-refractivity contribution in [3.63, 3.8) is 0 Å². The lowest BCUT2D eigenvalue weighted by Crippen LogP contribution is -2.45. The van der Waals surface area contributed by atoms with Crippen LogP contribution in [0, 0.1) is 5.92 Å². The first-order valence-corrected chi connectivity index (χ1v) is 6.30. The maximum absolute atomic E-state index is 5.73. The normalized spacial score (nSPS) is 30.5. The molecule has 0 spiro atoms. The van der Waals surface area contributed by atoms with Crippen molar-refractivity contribution >= 4 is 5.96 Å². The molecule has 1 heterocycles. The number of hydrogen-bond acceptors (Lipinski definition) is 2. The van der Waals surface area contributed by atoms with Crippen molar-refractivity contribution in [2.75, 3.05) is 26.7 Å². The predicted molar refractivity (Wildman–Crippen MR) is 65.7 cm³/mol. The third-order valence-corrected chi connectivity index (χ3v) is 3.41. The molecule has 4 nitrogen and oxygen atoms in total. The van der Waals surface area contributed by atoms with Crippen LogP contribution in [-0.4, -0.2) is 38.3 Å². The summed E-state index contributed by atoms with van der Waals surface area (Å²) in [6, 6.07) is 0. The summed E-state index contributed by atoms with van der Waals surface area (Å²) >= 11 is 0. The predicted octanol–water partition coefficient (Wildman–Crippen LogP) is 1.13. The fraction of sp³-hybridized carbons (Fsp3) is 0.917. The summed E-state index contributed by atoms with van der Waals surface area (Å²) in [5.41, 5.74) is -0.00278. The van der Waals surface area contributed by atoms with Gasteiger partial charge in [-0.2, -0.15) is 0 Å². The van der Waals surface area contributed by atoms with E-state index in [0.717, 1.165) is 38.0 Å². The average Bonchev–Trinajstić information content (AvgIpc) is 3.01. The van der Waals surface area contributed by atoms with Crippen LogP contribution in [0.2, 0.25) is 0 Å². The van der Waals surface area contributed by atoms with Crippen LogP contribution in [-0.2, 0) is 4.74 Å². The Balaban J connectivity index is 1.69. The molecule has 92 valence electrons. The second-order valence-corrected chi connectivity index (χ2v) is 5.15. The van der Waals surface area contributed by atoms with E-state index in [1.807, 2.05) is 7.05 Å². The Kier molecular flexibility index (Phi) is 3.69. The van der Waals surface area contributed by atoms with E-state index in [1.54, 1.807) is 0 Å². The monoisotopic (exact) mass is 225 g/mol. The quantitative estimate of drug-likeness (QED) is 0.557. The fourth-order valence-electron chi connectivity index (χ4n) is 2.03. The van der Waals surface area contributed by atoms with E-state index in [4.69, 9.17) is 4.74 Å². The van der Waals surface area contributed by atoms with Gasteiger partial charge < -0.3 is 15.4 Å². The molecular formula is C12H23N3O. The number of aliphatic imine (C=N–C) groups is 1. The van der Waals surface area contributed by atoms with Crippen LogP contribution in [0.5, 0.6) is 0 Å². The molecule has 1 aliphatic carbocycles. The molecule has 2 fully saturated rings. The highest BCUT2D eigenvalue weighted by Gasteiger charge is 2.29. The van der Waals surface area contributed by atoms with E-state index in [2.05, 4.69) is 22.5 Å². The van der Waals surface area contributed by atoms with Crippen LogP contribution >= 0.6 is 0 Å². The van der Waals surface area contributed by atoms with E-state index in [0.29, 0.717) is 0 Å². The number of guanidine groups is 1. The molecule has 0 aromatic carbocycles. The van der Waals surface area contributed by atoms with Gasteiger partial charge in [0.05, 0.1) is 5.60 Å². The molecule has 1 aliphatic heterocycles. The lowest BCUT2D eigenvalue weighted by molar-refractivity contribution is 0.0243. The van der Waals surface area contributed by atoms with Crippen LogP contribution in [0.25, 0.3) is 0 Å². The van der Waals surface area contributed by atoms with Crippen molar-refractivity contribution < 1.29 is 4.74 Å². The van der Waals surface area contributed by atoms with Gasteiger partial charge >= 0.3 is 0 Å². The van der Waals surface area contributed by atoms with Gasteiger partial charge in [-0.1, -0.05) is 0 Å². The first kappa shape index (κ1) is 11.7. The van der Waals surface area contributed by atoms with Crippen molar-refractivity contribution in [3.05, 3.63) is 0 Å². The molecule has 1 saturated carbocycles. The molecular weight excluding hydrogens is 202 g/mol. The third-order valence-electron chi connectivity index (χ3n) is 3.41. The number of ether oxygens (including phenoxy) is 1. The van der Waals surface area contributed by atoms with Crippen LogP contribution in [0.1, 0.15) is 32.6 Å². The third kappa shape index (κ3) is 3.37. The number of hydrogen-bond donors (Lipinski definition) is 2. The fourth-order valence-corrected chi connectivity index (χ4v) is 2.03. The first-order chi connectivity index (χ1) is 7.72. The molecule has 0 bridgehead atoms. The lowest BCUT2D eigenvalue weighted by atomic mass is 10.0. The molecule has 0 radical (unpaired) electrons. The van der Waals surface area contributed by atoms with Crippen molar-refractivity contribution in [2.24, 2.45) is 10.9 Å². The molecule has 2 rings (SSSR count). The van der Waals surface area contributed by atoms with Crippen LogP contribution < -0.4 is 10.6 Å². The summed E-state index contributed by atoms with van der Waals surface area (Å²) in [6.07, 6.45) is 5.04. The van der Waals surface area contributed by atoms with Crippen molar-refractivity contribution in [2.45, 2.75) is 38.2 Å². The van der Waals surface area contributed by atoms with Gasteiger partial charge in [-0.05, 0) is 38.5 Å². The van der Waals surface area contributed by atoms with Crippen molar-refractivity contribution in [1.82, 2.24) is 10.6 Å². The number of rotatable bonds is 4. The minimum absolute atomic E-state index is 0.00278. The second-order valence-electron chi connectivity index (χ2n) is 5.15. The molecule has 1 saturated heterocycles. The summed E-state index contributed by atoms with van der Waals surface area (Å²) in [5, 5.41) is 6.70. The van der Waals surface area contributed by atoms with Crippen LogP contribution in [0.15, 0.2) is 4.99 Å². The largest absolute Gasteiger partial charge is 0.373 e. The smallest absolute Gasteiger partial charge is 0.191 e. The Bertz CT molecular complexity index is 255. The Labute approximate surface area is 97.9 Å². The molecule has 2 aliphatic rings. The average molecular weight is 225 g/mol. The highest BCUT2D eigenvalue weighted by atomic mass is 16.5. The molecule has 16 heavy (non-hydrogen) atoms. The van der Waals surface area contributed by atoms with Gasteiger partial charge in [0.2, 0.25) is 0 Å². The topological polar surface area (TPSA) is 45.7 Å². The zero-order valence-corrected chi connectivity index (χ0v) is 10.4. The maximum atomic E-state index is 5.73. The Morgan fingerprint density at radius 3 is 2.81 bits per heavy atom. The highest BCUT2D eigenvalue weighted by Crippen LogP contribution is 2.27. The Morgan fingerprint density at radius 1 is 1.44 bits per heavy atom. The lowest BCUT2D eigenvalue weighted by Gasteiger charge is -2.24. The SMILES string of the molecule is CN=C(NCC1CC1)NCC1(C)CCCO1. The summed E-state index contributed by atoms with van der Waals surface area (Å²) in [4.78, 5) is 4.22. The van der Waals surface area contributed by atoms with Gasteiger partial charge in [-0.25, -0.2) is 0 Å². The van der Waals surface area contributed by atoms with E-state index in [1.165, 1.54) is 19.3 Å². The zero-order chi connectivity index (χ0) is 11.4. The van der Waals surface area contributed by atoms with E-state index in [-0.39, 0.29) is 5.60 Å². The molecule has 4 heteroatoms. The molecule has 0 amide bonds. The molecule has 2 N–H and O–H groups in total. The summed E-state index contributed by atoms with van der Waals surface area (Å²) in [5.74, 6) is 1.78. The van der Waals surface area contributed by atoms with E-state index < -0.39 is 0 Å². The Morgan fingerprint density at radius 2 is 2.25 bits per heavy atom. The summed E-state index contributed by atoms with van der Waals surface area (Å²) in [7, 11) is 1.82. The molecule has 1 atom stereocenters. The maximum Gasteiger partial charge on any atom is 0.191 e. The number of nitrogens with zero attached hydrogens (tertiary/aromatic N) is 1. The van der Waals surface area contributed by atoms with Gasteiger partial charge in [0.15, 0.2) is 5.96 Å². The van der Waals surface area contributed by atoms with E-state index >= 15 is 0 Å².